The molecule has 0 atom stereocenters. The minimum absolute atomic E-state index is 0.230. The summed E-state index contributed by atoms with van der Waals surface area (Å²) >= 11 is 0. The van der Waals surface area contributed by atoms with Crippen molar-refractivity contribution in [2.75, 3.05) is 6.61 Å². The molecule has 0 aliphatic heterocycles. The molecule has 1 heterocycles. The largest absolute Gasteiger partial charge is 0.480 e. The number of hydrogen-bond donors (Lipinski definition) is 1. The Balaban J connectivity index is 2.49. The smallest absolute Gasteiger partial charge is 0.329 e. The van der Waals surface area contributed by atoms with Gasteiger partial charge in [-0.1, -0.05) is 5.16 Å². The summed E-state index contributed by atoms with van der Waals surface area (Å²) in [5.74, 6) is -0.311. The molecule has 1 N–H and O–H groups in total. The first kappa shape index (κ1) is 9.73. The highest BCUT2D eigenvalue weighted by atomic mass is 16.5. The van der Waals surface area contributed by atoms with E-state index in [1.807, 2.05) is 0 Å². The third kappa shape index (κ3) is 2.55. The molecule has 0 radical (unpaired) electrons. The molecule has 0 aliphatic rings. The van der Waals surface area contributed by atoms with Gasteiger partial charge < -0.3 is 14.4 Å². The number of carboxylic acid groups (broad SMARTS) is 1. The van der Waals surface area contributed by atoms with Gasteiger partial charge in [-0.3, -0.25) is 0 Å². The van der Waals surface area contributed by atoms with Crippen molar-refractivity contribution < 1.29 is 19.2 Å². The fraction of sp³-hybridized carbons (Fsp3) is 0.500. The van der Waals surface area contributed by atoms with Gasteiger partial charge in [0, 0.05) is 5.56 Å². The van der Waals surface area contributed by atoms with Crippen molar-refractivity contribution in [1.29, 1.82) is 0 Å². The van der Waals surface area contributed by atoms with Crippen LogP contribution in [0.2, 0.25) is 0 Å². The van der Waals surface area contributed by atoms with Crippen molar-refractivity contribution in [3.05, 3.63) is 17.0 Å². The summed E-state index contributed by atoms with van der Waals surface area (Å²) in [6.45, 7) is 3.48. The van der Waals surface area contributed by atoms with Crippen molar-refractivity contribution >= 4 is 5.97 Å². The lowest BCUT2D eigenvalue weighted by molar-refractivity contribution is -0.142. The molecule has 0 unspecified atom stereocenters. The van der Waals surface area contributed by atoms with Gasteiger partial charge in [0.15, 0.2) is 0 Å². The minimum atomic E-state index is -0.980. The Kier molecular flexibility index (Phi) is 3.02. The average Bonchev–Trinajstić information content (AvgIpc) is 2.34. The highest BCUT2D eigenvalue weighted by molar-refractivity contribution is 5.67. The number of hydrogen-bond acceptors (Lipinski definition) is 4. The summed E-state index contributed by atoms with van der Waals surface area (Å²) < 4.78 is 9.78. The molecule has 0 bridgehead atoms. The summed E-state index contributed by atoms with van der Waals surface area (Å²) in [7, 11) is 0. The number of rotatable bonds is 4. The number of carboxylic acids is 1. The van der Waals surface area contributed by atoms with E-state index in [0.29, 0.717) is 5.76 Å². The Morgan fingerprint density at radius 1 is 1.62 bits per heavy atom. The summed E-state index contributed by atoms with van der Waals surface area (Å²) in [6, 6.07) is 0. The highest BCUT2D eigenvalue weighted by Gasteiger charge is 2.09. The predicted molar refractivity (Wildman–Crippen MR) is 43.3 cm³/mol. The van der Waals surface area contributed by atoms with E-state index in [9.17, 15) is 4.79 Å². The molecule has 5 nitrogen and oxygen atoms in total. The first-order chi connectivity index (χ1) is 6.11. The highest BCUT2D eigenvalue weighted by Crippen LogP contribution is 2.12. The summed E-state index contributed by atoms with van der Waals surface area (Å²) in [4.78, 5) is 10.1. The molecule has 0 spiro atoms. The van der Waals surface area contributed by atoms with Gasteiger partial charge in [-0.2, -0.15) is 0 Å². The van der Waals surface area contributed by atoms with Crippen molar-refractivity contribution in [3.63, 3.8) is 0 Å². The minimum Gasteiger partial charge on any atom is -0.480 e. The molecular formula is C8H11NO4. The Hall–Kier alpha value is -1.36. The maximum absolute atomic E-state index is 10.1. The van der Waals surface area contributed by atoms with Crippen molar-refractivity contribution in [2.24, 2.45) is 0 Å². The molecule has 1 rings (SSSR count). The van der Waals surface area contributed by atoms with E-state index in [4.69, 9.17) is 14.4 Å². The quantitative estimate of drug-likeness (QED) is 0.754. The fourth-order valence-corrected chi connectivity index (χ4v) is 0.948. The van der Waals surface area contributed by atoms with Crippen LogP contribution in [0.15, 0.2) is 4.52 Å². The third-order valence-corrected chi connectivity index (χ3v) is 1.65. The Morgan fingerprint density at radius 2 is 2.31 bits per heavy atom. The third-order valence-electron chi connectivity index (χ3n) is 1.65. The molecule has 72 valence electrons. The van der Waals surface area contributed by atoms with Crippen LogP contribution in [0.3, 0.4) is 0 Å². The predicted octanol–water partition coefficient (Wildman–Crippen LogP) is 0.893. The lowest BCUT2D eigenvalue weighted by atomic mass is 10.2. The summed E-state index contributed by atoms with van der Waals surface area (Å²) in [5.41, 5.74) is 1.56. The lowest BCUT2D eigenvalue weighted by Gasteiger charge is -1.99. The van der Waals surface area contributed by atoms with Gasteiger partial charge in [-0.05, 0) is 13.8 Å². The molecule has 0 amide bonds. The standard InChI is InChI=1S/C8H11NO4/c1-5-7(6(2)13-9-5)3-12-4-8(10)11/h3-4H2,1-2H3,(H,10,11). The fourth-order valence-electron chi connectivity index (χ4n) is 0.948. The van der Waals surface area contributed by atoms with E-state index in [0.717, 1.165) is 11.3 Å². The molecule has 5 heteroatoms. The second kappa shape index (κ2) is 4.04. The number of carbonyl (C=O) groups is 1. The van der Waals surface area contributed by atoms with Gasteiger partial charge in [0.1, 0.15) is 12.4 Å². The first-order valence-corrected chi connectivity index (χ1v) is 3.82. The topological polar surface area (TPSA) is 72.6 Å². The zero-order valence-electron chi connectivity index (χ0n) is 7.53. The zero-order valence-corrected chi connectivity index (χ0v) is 7.53. The van der Waals surface area contributed by atoms with Gasteiger partial charge in [-0.15, -0.1) is 0 Å². The molecule has 0 saturated carbocycles. The molecule has 1 aromatic rings. The molecule has 0 aliphatic carbocycles. The van der Waals surface area contributed by atoms with Crippen LogP contribution < -0.4 is 0 Å². The van der Waals surface area contributed by atoms with Crippen LogP contribution in [0.4, 0.5) is 0 Å². The van der Waals surface area contributed by atoms with E-state index in [2.05, 4.69) is 5.16 Å². The summed E-state index contributed by atoms with van der Waals surface area (Å²) in [6.07, 6.45) is 0. The van der Waals surface area contributed by atoms with Crippen LogP contribution in [-0.4, -0.2) is 22.8 Å². The van der Waals surface area contributed by atoms with Gasteiger partial charge in [0.05, 0.1) is 12.3 Å². The number of aromatic nitrogens is 1. The van der Waals surface area contributed by atoms with Gasteiger partial charge >= 0.3 is 5.97 Å². The second-order valence-electron chi connectivity index (χ2n) is 2.69. The van der Waals surface area contributed by atoms with Gasteiger partial charge in [0.2, 0.25) is 0 Å². The van der Waals surface area contributed by atoms with Crippen molar-refractivity contribution in [2.45, 2.75) is 20.5 Å². The Labute approximate surface area is 75.3 Å². The van der Waals surface area contributed by atoms with Crippen molar-refractivity contribution in [3.8, 4) is 0 Å². The number of aliphatic carboxylic acids is 1. The van der Waals surface area contributed by atoms with E-state index in [-0.39, 0.29) is 13.2 Å². The average molecular weight is 185 g/mol. The lowest BCUT2D eigenvalue weighted by Crippen LogP contribution is -2.07. The molecule has 0 aromatic carbocycles. The number of ether oxygens (including phenoxy) is 1. The van der Waals surface area contributed by atoms with E-state index in [1.165, 1.54) is 0 Å². The molecule has 0 saturated heterocycles. The van der Waals surface area contributed by atoms with Crippen LogP contribution in [0.25, 0.3) is 0 Å². The van der Waals surface area contributed by atoms with E-state index < -0.39 is 5.97 Å². The normalized spacial score (nSPS) is 10.3. The van der Waals surface area contributed by atoms with Crippen LogP contribution in [0.1, 0.15) is 17.0 Å². The maximum atomic E-state index is 10.1. The maximum Gasteiger partial charge on any atom is 0.329 e. The first-order valence-electron chi connectivity index (χ1n) is 3.82. The van der Waals surface area contributed by atoms with Crippen molar-refractivity contribution in [1.82, 2.24) is 5.16 Å². The number of nitrogens with zero attached hydrogens (tertiary/aromatic N) is 1. The number of aryl methyl sites for hydroxylation is 2. The van der Waals surface area contributed by atoms with E-state index >= 15 is 0 Å². The molecular weight excluding hydrogens is 174 g/mol. The van der Waals surface area contributed by atoms with Crippen LogP contribution >= 0.6 is 0 Å². The van der Waals surface area contributed by atoms with Crippen LogP contribution in [-0.2, 0) is 16.1 Å². The Bertz CT molecular complexity index is 286. The van der Waals surface area contributed by atoms with E-state index in [1.54, 1.807) is 13.8 Å². The summed E-state index contributed by atoms with van der Waals surface area (Å²) in [5, 5.41) is 12.0. The van der Waals surface area contributed by atoms with Gasteiger partial charge in [0.25, 0.3) is 0 Å². The molecule has 0 fully saturated rings. The monoisotopic (exact) mass is 185 g/mol. The Morgan fingerprint density at radius 3 is 2.77 bits per heavy atom. The second-order valence-corrected chi connectivity index (χ2v) is 2.69. The zero-order chi connectivity index (χ0) is 9.84. The SMILES string of the molecule is Cc1noc(C)c1COCC(=O)O. The van der Waals surface area contributed by atoms with Crippen LogP contribution in [0.5, 0.6) is 0 Å². The van der Waals surface area contributed by atoms with Crippen LogP contribution in [0, 0.1) is 13.8 Å². The van der Waals surface area contributed by atoms with Gasteiger partial charge in [-0.25, -0.2) is 4.79 Å². The molecule has 13 heavy (non-hydrogen) atoms. The molecule has 1 aromatic heterocycles.